The summed E-state index contributed by atoms with van der Waals surface area (Å²) in [6.07, 6.45) is 2.00. The van der Waals surface area contributed by atoms with Gasteiger partial charge in [-0.3, -0.25) is 4.79 Å². The van der Waals surface area contributed by atoms with E-state index in [1.807, 2.05) is 6.92 Å². The lowest BCUT2D eigenvalue weighted by molar-refractivity contribution is 0.0949. The van der Waals surface area contributed by atoms with Crippen LogP contribution in [0.25, 0.3) is 0 Å². The molecule has 1 heterocycles. The molecule has 1 aromatic carbocycles. The van der Waals surface area contributed by atoms with Gasteiger partial charge in [-0.1, -0.05) is 23.2 Å². The van der Waals surface area contributed by atoms with Crippen molar-refractivity contribution in [2.45, 2.75) is 24.5 Å². The summed E-state index contributed by atoms with van der Waals surface area (Å²) < 4.78 is -0.325. The van der Waals surface area contributed by atoms with Gasteiger partial charge in [0, 0.05) is 10.6 Å². The fourth-order valence-electron chi connectivity index (χ4n) is 1.91. The standard InChI is InChI=1S/C12H12Cl2OS/c1-12(5-2-6-16-12)11(15)9-7-8(13)3-4-10(9)14/h3-4,7H,2,5-6H2,1H3. The lowest BCUT2D eigenvalue weighted by Gasteiger charge is -2.21. The van der Waals surface area contributed by atoms with E-state index >= 15 is 0 Å². The minimum atomic E-state index is -0.325. The highest BCUT2D eigenvalue weighted by Crippen LogP contribution is 2.41. The van der Waals surface area contributed by atoms with Gasteiger partial charge in [-0.25, -0.2) is 0 Å². The molecule has 2 rings (SSSR count). The van der Waals surface area contributed by atoms with Crippen molar-refractivity contribution < 1.29 is 4.79 Å². The van der Waals surface area contributed by atoms with Crippen LogP contribution in [0.2, 0.25) is 10.0 Å². The van der Waals surface area contributed by atoms with E-state index in [1.165, 1.54) is 0 Å². The van der Waals surface area contributed by atoms with Crippen LogP contribution < -0.4 is 0 Å². The zero-order valence-corrected chi connectivity index (χ0v) is 11.3. The number of benzene rings is 1. The molecule has 16 heavy (non-hydrogen) atoms. The molecular formula is C12H12Cl2OS. The molecule has 0 aliphatic carbocycles. The molecule has 1 aromatic rings. The van der Waals surface area contributed by atoms with Crippen LogP contribution >= 0.6 is 35.0 Å². The summed E-state index contributed by atoms with van der Waals surface area (Å²) in [5, 5.41) is 1.04. The van der Waals surface area contributed by atoms with E-state index in [-0.39, 0.29) is 10.5 Å². The second-order valence-electron chi connectivity index (χ2n) is 4.14. The van der Waals surface area contributed by atoms with Gasteiger partial charge in [-0.2, -0.15) is 0 Å². The van der Waals surface area contributed by atoms with Gasteiger partial charge >= 0.3 is 0 Å². The van der Waals surface area contributed by atoms with E-state index in [0.717, 1.165) is 18.6 Å². The lowest BCUT2D eigenvalue weighted by Crippen LogP contribution is -2.28. The summed E-state index contributed by atoms with van der Waals surface area (Å²) in [4.78, 5) is 12.4. The number of halogens is 2. The maximum Gasteiger partial charge on any atom is 0.180 e. The highest BCUT2D eigenvalue weighted by molar-refractivity contribution is 8.01. The van der Waals surface area contributed by atoms with E-state index in [0.29, 0.717) is 15.6 Å². The smallest absolute Gasteiger partial charge is 0.180 e. The van der Waals surface area contributed by atoms with E-state index in [4.69, 9.17) is 23.2 Å². The highest BCUT2D eigenvalue weighted by atomic mass is 35.5. The number of ketones is 1. The minimum absolute atomic E-state index is 0.0995. The molecule has 1 aliphatic rings. The third-order valence-corrected chi connectivity index (χ3v) is 4.96. The molecule has 1 nitrogen and oxygen atoms in total. The van der Waals surface area contributed by atoms with Crippen LogP contribution in [0.1, 0.15) is 30.1 Å². The molecule has 1 atom stereocenters. The van der Waals surface area contributed by atoms with Crippen LogP contribution in [0.3, 0.4) is 0 Å². The van der Waals surface area contributed by atoms with Crippen LogP contribution in [0, 0.1) is 0 Å². The van der Waals surface area contributed by atoms with Crippen LogP contribution in [-0.2, 0) is 0 Å². The molecule has 0 radical (unpaired) electrons. The van der Waals surface area contributed by atoms with Crippen LogP contribution in [0.4, 0.5) is 0 Å². The molecule has 1 unspecified atom stereocenters. The van der Waals surface area contributed by atoms with Crippen molar-refractivity contribution in [3.8, 4) is 0 Å². The molecule has 0 spiro atoms. The molecule has 0 bridgehead atoms. The molecule has 0 saturated carbocycles. The first-order chi connectivity index (χ1) is 7.53. The Labute approximate surface area is 110 Å². The van der Waals surface area contributed by atoms with Crippen LogP contribution in [0.5, 0.6) is 0 Å². The van der Waals surface area contributed by atoms with Crippen molar-refractivity contribution in [2.24, 2.45) is 0 Å². The highest BCUT2D eigenvalue weighted by Gasteiger charge is 2.38. The molecule has 0 amide bonds. The van der Waals surface area contributed by atoms with E-state index < -0.39 is 0 Å². The summed E-state index contributed by atoms with van der Waals surface area (Å²) in [6, 6.07) is 5.04. The van der Waals surface area contributed by atoms with Crippen molar-refractivity contribution in [3.05, 3.63) is 33.8 Å². The zero-order valence-electron chi connectivity index (χ0n) is 8.93. The van der Waals surface area contributed by atoms with Gasteiger partial charge in [0.2, 0.25) is 0 Å². The number of carbonyl (C=O) groups is 1. The average molecular weight is 275 g/mol. The number of Topliss-reactive ketones (excluding diaryl/α,β-unsaturated/α-hetero) is 1. The largest absolute Gasteiger partial charge is 0.293 e. The van der Waals surface area contributed by atoms with Gasteiger partial charge in [0.25, 0.3) is 0 Å². The summed E-state index contributed by atoms with van der Waals surface area (Å²) in [7, 11) is 0. The van der Waals surface area contributed by atoms with Crippen molar-refractivity contribution in [1.82, 2.24) is 0 Å². The summed E-state index contributed by atoms with van der Waals surface area (Å²) in [5.74, 6) is 1.14. The monoisotopic (exact) mass is 274 g/mol. The molecule has 86 valence electrons. The second-order valence-corrected chi connectivity index (χ2v) is 6.58. The third kappa shape index (κ3) is 2.24. The first-order valence-corrected chi connectivity index (χ1v) is 6.91. The van der Waals surface area contributed by atoms with Crippen molar-refractivity contribution in [3.63, 3.8) is 0 Å². The van der Waals surface area contributed by atoms with E-state index in [9.17, 15) is 4.79 Å². The van der Waals surface area contributed by atoms with Gasteiger partial charge in [0.15, 0.2) is 5.78 Å². The maximum atomic E-state index is 12.4. The minimum Gasteiger partial charge on any atom is -0.293 e. The quantitative estimate of drug-likeness (QED) is 0.741. The third-order valence-electron chi connectivity index (χ3n) is 2.87. The Balaban J connectivity index is 2.36. The molecule has 0 aromatic heterocycles. The van der Waals surface area contributed by atoms with Crippen LogP contribution in [-0.4, -0.2) is 16.3 Å². The summed E-state index contributed by atoms with van der Waals surface area (Å²) >= 11 is 13.6. The normalized spacial score (nSPS) is 24.7. The Hall–Kier alpha value is -0.180. The topological polar surface area (TPSA) is 17.1 Å². The summed E-state index contributed by atoms with van der Waals surface area (Å²) in [6.45, 7) is 1.99. The molecule has 1 saturated heterocycles. The van der Waals surface area contributed by atoms with Gasteiger partial charge in [0.1, 0.15) is 0 Å². The lowest BCUT2D eigenvalue weighted by atomic mass is 9.94. The number of hydrogen-bond acceptors (Lipinski definition) is 2. The van der Waals surface area contributed by atoms with Crippen LogP contribution in [0.15, 0.2) is 18.2 Å². The van der Waals surface area contributed by atoms with E-state index in [1.54, 1.807) is 30.0 Å². The molecular weight excluding hydrogens is 263 g/mol. The molecule has 4 heteroatoms. The van der Waals surface area contributed by atoms with Gasteiger partial charge < -0.3 is 0 Å². The Morgan fingerprint density at radius 3 is 2.81 bits per heavy atom. The van der Waals surface area contributed by atoms with Gasteiger partial charge in [-0.05, 0) is 43.7 Å². The number of carbonyl (C=O) groups excluding carboxylic acids is 1. The van der Waals surface area contributed by atoms with Gasteiger partial charge in [-0.15, -0.1) is 11.8 Å². The first-order valence-electron chi connectivity index (χ1n) is 5.17. The Morgan fingerprint density at radius 1 is 1.44 bits per heavy atom. The first kappa shape index (κ1) is 12.3. The number of hydrogen-bond donors (Lipinski definition) is 0. The molecule has 1 aliphatic heterocycles. The average Bonchev–Trinajstić information content (AvgIpc) is 2.69. The van der Waals surface area contributed by atoms with Crippen molar-refractivity contribution in [1.29, 1.82) is 0 Å². The fraction of sp³-hybridized carbons (Fsp3) is 0.417. The predicted octanol–water partition coefficient (Wildman–Crippen LogP) is 4.46. The predicted molar refractivity (Wildman–Crippen MR) is 70.9 cm³/mol. The van der Waals surface area contributed by atoms with E-state index in [2.05, 4.69) is 0 Å². The SMILES string of the molecule is CC1(C(=O)c2cc(Cl)ccc2Cl)CCCS1. The zero-order chi connectivity index (χ0) is 11.8. The maximum absolute atomic E-state index is 12.4. The Kier molecular flexibility index (Phi) is 3.53. The Bertz CT molecular complexity index is 425. The summed E-state index contributed by atoms with van der Waals surface area (Å²) in [5.41, 5.74) is 0.547. The second kappa shape index (κ2) is 4.59. The van der Waals surface area contributed by atoms with Crippen molar-refractivity contribution in [2.75, 3.05) is 5.75 Å². The fourth-order valence-corrected chi connectivity index (χ4v) is 3.56. The molecule has 0 N–H and O–H groups in total. The van der Waals surface area contributed by atoms with Gasteiger partial charge in [0.05, 0.1) is 9.77 Å². The van der Waals surface area contributed by atoms with Crippen molar-refractivity contribution >= 4 is 40.7 Å². The Morgan fingerprint density at radius 2 is 2.19 bits per heavy atom. The number of rotatable bonds is 2. The number of thioether (sulfide) groups is 1. The molecule has 1 fully saturated rings.